The van der Waals surface area contributed by atoms with Crippen LogP contribution in [0.5, 0.6) is 0 Å². The van der Waals surface area contributed by atoms with Crippen LogP contribution in [0.3, 0.4) is 0 Å². The molecule has 1 aliphatic carbocycles. The molecule has 5 nitrogen and oxygen atoms in total. The summed E-state index contributed by atoms with van der Waals surface area (Å²) in [5, 5.41) is 0. The maximum atomic E-state index is 12.7. The third kappa shape index (κ3) is 3.35. The first-order valence-corrected chi connectivity index (χ1v) is 9.58. The van der Waals surface area contributed by atoms with Crippen molar-refractivity contribution in [3.63, 3.8) is 0 Å². The van der Waals surface area contributed by atoms with Gasteiger partial charge in [-0.25, -0.2) is 0 Å². The molecule has 1 heterocycles. The highest BCUT2D eigenvalue weighted by atomic mass is 32.2. The standard InChI is InChI=1S/C16H25N3O2S/c17-11-14-6-3-4-8-16(14)18-22(20,21)19-10-9-13-5-1-2-7-15(13)12-19/h1-2,5,7,14,16,18H,3-4,6,8-12,17H2. The van der Waals surface area contributed by atoms with Gasteiger partial charge in [0.1, 0.15) is 0 Å². The van der Waals surface area contributed by atoms with Crippen LogP contribution < -0.4 is 10.5 Å². The largest absolute Gasteiger partial charge is 0.330 e. The summed E-state index contributed by atoms with van der Waals surface area (Å²) in [6.07, 6.45) is 4.92. The van der Waals surface area contributed by atoms with E-state index in [0.717, 1.165) is 37.7 Å². The molecule has 0 aromatic heterocycles. The highest BCUT2D eigenvalue weighted by molar-refractivity contribution is 7.87. The Bertz CT molecular complexity index is 618. The van der Waals surface area contributed by atoms with Crippen LogP contribution in [-0.4, -0.2) is 31.9 Å². The zero-order chi connectivity index (χ0) is 15.6. The molecule has 1 aromatic carbocycles. The molecule has 0 saturated heterocycles. The van der Waals surface area contributed by atoms with Gasteiger partial charge in [-0.1, -0.05) is 37.1 Å². The summed E-state index contributed by atoms with van der Waals surface area (Å²) in [6.45, 7) is 1.56. The van der Waals surface area contributed by atoms with Gasteiger partial charge in [0, 0.05) is 19.1 Å². The maximum Gasteiger partial charge on any atom is 0.280 e. The van der Waals surface area contributed by atoms with Crippen molar-refractivity contribution in [2.24, 2.45) is 11.7 Å². The second-order valence-corrected chi connectivity index (χ2v) is 8.06. The highest BCUT2D eigenvalue weighted by Gasteiger charge is 2.32. The molecule has 2 aliphatic rings. The van der Waals surface area contributed by atoms with Gasteiger partial charge < -0.3 is 5.73 Å². The number of fused-ring (bicyclic) bond motifs is 1. The molecule has 0 spiro atoms. The minimum atomic E-state index is -3.44. The van der Waals surface area contributed by atoms with Crippen molar-refractivity contribution in [2.45, 2.75) is 44.7 Å². The summed E-state index contributed by atoms with van der Waals surface area (Å²) in [7, 11) is -3.44. The molecule has 2 atom stereocenters. The Balaban J connectivity index is 1.71. The number of nitrogens with two attached hydrogens (primary N) is 1. The molecule has 3 rings (SSSR count). The van der Waals surface area contributed by atoms with Crippen LogP contribution in [0.1, 0.15) is 36.8 Å². The van der Waals surface area contributed by atoms with Gasteiger partial charge in [0.05, 0.1) is 0 Å². The fourth-order valence-electron chi connectivity index (χ4n) is 3.59. The Kier molecular flexibility index (Phi) is 4.82. The Hall–Kier alpha value is -0.950. The van der Waals surface area contributed by atoms with Crippen molar-refractivity contribution in [3.05, 3.63) is 35.4 Å². The molecular weight excluding hydrogens is 298 g/mol. The van der Waals surface area contributed by atoms with Gasteiger partial charge in [-0.05, 0) is 42.9 Å². The normalized spacial score (nSPS) is 26.6. The first-order valence-electron chi connectivity index (χ1n) is 8.14. The van der Waals surface area contributed by atoms with Gasteiger partial charge in [0.25, 0.3) is 10.2 Å². The summed E-state index contributed by atoms with van der Waals surface area (Å²) in [6, 6.07) is 8.06. The van der Waals surface area contributed by atoms with Crippen molar-refractivity contribution in [2.75, 3.05) is 13.1 Å². The maximum absolute atomic E-state index is 12.7. The van der Waals surface area contributed by atoms with Crippen LogP contribution in [0.15, 0.2) is 24.3 Å². The minimum absolute atomic E-state index is 0.0130. The molecule has 122 valence electrons. The number of rotatable bonds is 4. The van der Waals surface area contributed by atoms with Crippen LogP contribution >= 0.6 is 0 Å². The third-order valence-electron chi connectivity index (χ3n) is 4.95. The van der Waals surface area contributed by atoms with Crippen LogP contribution in [-0.2, 0) is 23.2 Å². The van der Waals surface area contributed by atoms with Crippen molar-refractivity contribution < 1.29 is 8.42 Å². The lowest BCUT2D eigenvalue weighted by Crippen LogP contribution is -2.51. The van der Waals surface area contributed by atoms with Crippen LogP contribution in [0.4, 0.5) is 0 Å². The highest BCUT2D eigenvalue weighted by Crippen LogP contribution is 2.26. The lowest BCUT2D eigenvalue weighted by atomic mass is 9.85. The minimum Gasteiger partial charge on any atom is -0.330 e. The van der Waals surface area contributed by atoms with Crippen LogP contribution in [0, 0.1) is 5.92 Å². The number of nitrogens with zero attached hydrogens (tertiary/aromatic N) is 1. The van der Waals surface area contributed by atoms with E-state index in [-0.39, 0.29) is 12.0 Å². The molecule has 1 fully saturated rings. The summed E-state index contributed by atoms with van der Waals surface area (Å²) >= 11 is 0. The first kappa shape index (κ1) is 15.9. The monoisotopic (exact) mass is 323 g/mol. The molecule has 6 heteroatoms. The van der Waals surface area contributed by atoms with Crippen LogP contribution in [0.2, 0.25) is 0 Å². The van der Waals surface area contributed by atoms with Gasteiger partial charge in [-0.15, -0.1) is 0 Å². The molecule has 1 aromatic rings. The number of hydrogen-bond acceptors (Lipinski definition) is 3. The third-order valence-corrected chi connectivity index (χ3v) is 6.54. The molecular formula is C16H25N3O2S. The van der Waals surface area contributed by atoms with E-state index in [9.17, 15) is 8.42 Å². The molecule has 0 radical (unpaired) electrons. The summed E-state index contributed by atoms with van der Waals surface area (Å²) in [5.74, 6) is 0.264. The molecule has 0 bridgehead atoms. The molecule has 22 heavy (non-hydrogen) atoms. The van der Waals surface area contributed by atoms with Gasteiger partial charge in [-0.2, -0.15) is 17.4 Å². The fraction of sp³-hybridized carbons (Fsp3) is 0.625. The Morgan fingerprint density at radius 3 is 2.68 bits per heavy atom. The van der Waals surface area contributed by atoms with Gasteiger partial charge in [0.15, 0.2) is 0 Å². The van der Waals surface area contributed by atoms with E-state index >= 15 is 0 Å². The summed E-state index contributed by atoms with van der Waals surface area (Å²) in [4.78, 5) is 0. The van der Waals surface area contributed by atoms with E-state index in [2.05, 4.69) is 10.8 Å². The van der Waals surface area contributed by atoms with E-state index in [4.69, 9.17) is 5.73 Å². The Labute approximate surface area is 133 Å². The second-order valence-electron chi connectivity index (χ2n) is 6.36. The molecule has 2 unspecified atom stereocenters. The molecule has 1 saturated carbocycles. The number of nitrogens with one attached hydrogen (secondary N) is 1. The van der Waals surface area contributed by atoms with Gasteiger partial charge >= 0.3 is 0 Å². The topological polar surface area (TPSA) is 75.4 Å². The predicted octanol–water partition coefficient (Wildman–Crippen LogP) is 1.40. The van der Waals surface area contributed by atoms with E-state index in [1.807, 2.05) is 18.2 Å². The van der Waals surface area contributed by atoms with Gasteiger partial charge in [0.2, 0.25) is 0 Å². The van der Waals surface area contributed by atoms with Gasteiger partial charge in [-0.3, -0.25) is 0 Å². The van der Waals surface area contributed by atoms with E-state index in [1.54, 1.807) is 4.31 Å². The van der Waals surface area contributed by atoms with E-state index < -0.39 is 10.2 Å². The van der Waals surface area contributed by atoms with E-state index in [0.29, 0.717) is 19.6 Å². The first-order chi connectivity index (χ1) is 10.6. The molecule has 0 amide bonds. The average Bonchev–Trinajstić information content (AvgIpc) is 2.54. The summed E-state index contributed by atoms with van der Waals surface area (Å²) < 4.78 is 29.9. The van der Waals surface area contributed by atoms with Crippen molar-refractivity contribution >= 4 is 10.2 Å². The predicted molar refractivity (Wildman–Crippen MR) is 87.4 cm³/mol. The number of hydrogen-bond donors (Lipinski definition) is 2. The smallest absolute Gasteiger partial charge is 0.280 e. The lowest BCUT2D eigenvalue weighted by molar-refractivity contribution is 0.286. The molecule has 1 aliphatic heterocycles. The Morgan fingerprint density at radius 2 is 1.91 bits per heavy atom. The van der Waals surface area contributed by atoms with Crippen molar-refractivity contribution in [1.29, 1.82) is 0 Å². The Morgan fingerprint density at radius 1 is 1.18 bits per heavy atom. The van der Waals surface area contributed by atoms with Crippen LogP contribution in [0.25, 0.3) is 0 Å². The van der Waals surface area contributed by atoms with Crippen molar-refractivity contribution in [1.82, 2.24) is 9.03 Å². The fourth-order valence-corrected chi connectivity index (χ4v) is 5.07. The average molecular weight is 323 g/mol. The van der Waals surface area contributed by atoms with E-state index in [1.165, 1.54) is 5.56 Å². The van der Waals surface area contributed by atoms with Crippen molar-refractivity contribution in [3.8, 4) is 0 Å². The quantitative estimate of drug-likeness (QED) is 0.879. The zero-order valence-electron chi connectivity index (χ0n) is 12.9. The summed E-state index contributed by atoms with van der Waals surface area (Å²) in [5.41, 5.74) is 8.17. The number of benzene rings is 1. The molecule has 3 N–H and O–H groups in total. The lowest BCUT2D eigenvalue weighted by Gasteiger charge is -2.34. The SMILES string of the molecule is NCC1CCCCC1NS(=O)(=O)N1CCc2ccccc2C1. The second kappa shape index (κ2) is 6.66. The zero-order valence-corrected chi connectivity index (χ0v) is 13.7.